The predicted octanol–water partition coefficient (Wildman–Crippen LogP) is 2.15. The highest BCUT2D eigenvalue weighted by Crippen LogP contribution is 2.27. The molecule has 0 aromatic heterocycles. The van der Waals surface area contributed by atoms with E-state index in [0.29, 0.717) is 11.7 Å². The van der Waals surface area contributed by atoms with Crippen LogP contribution in [0.2, 0.25) is 0 Å². The summed E-state index contributed by atoms with van der Waals surface area (Å²) in [5, 5.41) is 0. The van der Waals surface area contributed by atoms with Crippen molar-refractivity contribution in [2.24, 2.45) is 5.73 Å². The summed E-state index contributed by atoms with van der Waals surface area (Å²) in [5.74, 6) is 0.700. The van der Waals surface area contributed by atoms with E-state index in [2.05, 4.69) is 0 Å². The lowest BCUT2D eigenvalue weighted by Gasteiger charge is -2.17. The fourth-order valence-electron chi connectivity index (χ4n) is 1.46. The number of Topliss-reactive ketones (excluding diaryl/α,β-unsaturated/α-hetero) is 1. The summed E-state index contributed by atoms with van der Waals surface area (Å²) in [4.78, 5) is 11.9. The van der Waals surface area contributed by atoms with Crippen LogP contribution in [-0.2, 0) is 0 Å². The molecule has 16 heavy (non-hydrogen) atoms. The zero-order valence-corrected chi connectivity index (χ0v) is 9.69. The van der Waals surface area contributed by atoms with Gasteiger partial charge in [0.2, 0.25) is 0 Å². The summed E-state index contributed by atoms with van der Waals surface area (Å²) >= 11 is 0. The average Bonchev–Trinajstić information content (AvgIpc) is 2.99. The van der Waals surface area contributed by atoms with Gasteiger partial charge in [0.1, 0.15) is 5.75 Å². The summed E-state index contributed by atoms with van der Waals surface area (Å²) in [6.45, 7) is 3.42. The average molecular weight is 219 g/mol. The highest BCUT2D eigenvalue weighted by molar-refractivity contribution is 6.02. The molecule has 3 nitrogen and oxygen atoms in total. The minimum Gasteiger partial charge on any atom is -0.490 e. The topological polar surface area (TPSA) is 52.3 Å². The van der Waals surface area contributed by atoms with Crippen molar-refractivity contribution in [3.8, 4) is 5.75 Å². The van der Waals surface area contributed by atoms with E-state index in [9.17, 15) is 4.79 Å². The molecule has 1 aromatic carbocycles. The van der Waals surface area contributed by atoms with Gasteiger partial charge in [-0.2, -0.15) is 0 Å². The van der Waals surface area contributed by atoms with Crippen LogP contribution in [0.1, 0.15) is 37.0 Å². The van der Waals surface area contributed by atoms with Gasteiger partial charge in [-0.15, -0.1) is 0 Å². The Morgan fingerprint density at radius 2 is 2.12 bits per heavy atom. The third-order valence-corrected chi connectivity index (χ3v) is 2.51. The van der Waals surface area contributed by atoms with E-state index in [1.165, 1.54) is 0 Å². The molecule has 0 amide bonds. The Kier molecular flexibility index (Phi) is 2.72. The lowest BCUT2D eigenvalue weighted by Crippen LogP contribution is -2.41. The van der Waals surface area contributed by atoms with Crippen LogP contribution in [0.15, 0.2) is 24.3 Å². The van der Waals surface area contributed by atoms with Gasteiger partial charge in [-0.3, -0.25) is 4.79 Å². The molecule has 1 aliphatic rings. The fraction of sp³-hybridized carbons (Fsp3) is 0.462. The van der Waals surface area contributed by atoms with Crippen molar-refractivity contribution in [1.82, 2.24) is 0 Å². The molecule has 3 heteroatoms. The summed E-state index contributed by atoms with van der Waals surface area (Å²) < 4.78 is 5.64. The maximum atomic E-state index is 11.9. The smallest absolute Gasteiger partial charge is 0.182 e. The van der Waals surface area contributed by atoms with Gasteiger partial charge in [-0.1, -0.05) is 12.1 Å². The first-order valence-electron chi connectivity index (χ1n) is 5.57. The molecule has 1 saturated carbocycles. The normalized spacial score (nSPS) is 15.9. The Balaban J connectivity index is 2.17. The van der Waals surface area contributed by atoms with Crippen LogP contribution in [-0.4, -0.2) is 17.4 Å². The van der Waals surface area contributed by atoms with Crippen LogP contribution >= 0.6 is 0 Å². The zero-order chi connectivity index (χ0) is 11.8. The Labute approximate surface area is 95.6 Å². The van der Waals surface area contributed by atoms with E-state index in [1.54, 1.807) is 26.0 Å². The quantitative estimate of drug-likeness (QED) is 0.789. The van der Waals surface area contributed by atoms with Gasteiger partial charge in [0.25, 0.3) is 0 Å². The Hall–Kier alpha value is -1.35. The second-order valence-electron chi connectivity index (χ2n) is 4.90. The highest BCUT2D eigenvalue weighted by Gasteiger charge is 2.26. The van der Waals surface area contributed by atoms with Gasteiger partial charge in [0.15, 0.2) is 5.78 Å². The summed E-state index contributed by atoms with van der Waals surface area (Å²) in [7, 11) is 0. The Morgan fingerprint density at radius 1 is 1.44 bits per heavy atom. The third kappa shape index (κ3) is 2.61. The number of ether oxygens (including phenoxy) is 1. The SMILES string of the molecule is CC(C)(N)C(=O)c1cccc(OC2CC2)c1. The zero-order valence-electron chi connectivity index (χ0n) is 9.69. The molecular weight excluding hydrogens is 202 g/mol. The van der Waals surface area contributed by atoms with Gasteiger partial charge >= 0.3 is 0 Å². The maximum Gasteiger partial charge on any atom is 0.182 e. The Morgan fingerprint density at radius 3 is 2.69 bits per heavy atom. The Bertz CT molecular complexity index is 403. The van der Waals surface area contributed by atoms with E-state index < -0.39 is 5.54 Å². The van der Waals surface area contributed by atoms with E-state index >= 15 is 0 Å². The van der Waals surface area contributed by atoms with Gasteiger partial charge in [0.05, 0.1) is 11.6 Å². The number of hydrogen-bond acceptors (Lipinski definition) is 3. The molecule has 2 N–H and O–H groups in total. The molecule has 86 valence electrons. The van der Waals surface area contributed by atoms with Crippen LogP contribution in [0.5, 0.6) is 5.75 Å². The van der Waals surface area contributed by atoms with Crippen LogP contribution < -0.4 is 10.5 Å². The van der Waals surface area contributed by atoms with E-state index in [-0.39, 0.29) is 5.78 Å². The standard InChI is InChI=1S/C13H17NO2/c1-13(2,14)12(15)9-4-3-5-11(8-9)16-10-6-7-10/h3-5,8,10H,6-7,14H2,1-2H3. The number of nitrogens with two attached hydrogens (primary N) is 1. The molecule has 0 saturated heterocycles. The number of benzene rings is 1. The first kappa shape index (κ1) is 11.1. The first-order valence-corrected chi connectivity index (χ1v) is 5.57. The summed E-state index contributed by atoms with van der Waals surface area (Å²) in [6.07, 6.45) is 2.57. The predicted molar refractivity (Wildman–Crippen MR) is 62.7 cm³/mol. The molecule has 0 unspecified atom stereocenters. The van der Waals surface area contributed by atoms with Crippen LogP contribution in [0.4, 0.5) is 0 Å². The first-order chi connectivity index (χ1) is 7.47. The van der Waals surface area contributed by atoms with E-state index in [4.69, 9.17) is 10.5 Å². The van der Waals surface area contributed by atoms with Crippen LogP contribution in [0.25, 0.3) is 0 Å². The molecule has 1 aliphatic carbocycles. The number of hydrogen-bond donors (Lipinski definition) is 1. The molecule has 0 atom stereocenters. The number of rotatable bonds is 4. The number of carbonyl (C=O) groups excluding carboxylic acids is 1. The van der Waals surface area contributed by atoms with E-state index in [0.717, 1.165) is 18.6 Å². The van der Waals surface area contributed by atoms with Gasteiger partial charge in [-0.25, -0.2) is 0 Å². The lowest BCUT2D eigenvalue weighted by molar-refractivity contribution is 0.0913. The van der Waals surface area contributed by atoms with Crippen molar-refractivity contribution in [3.63, 3.8) is 0 Å². The minimum atomic E-state index is -0.835. The maximum absolute atomic E-state index is 11.9. The van der Waals surface area contributed by atoms with Crippen molar-refractivity contribution in [2.45, 2.75) is 38.3 Å². The summed E-state index contributed by atoms with van der Waals surface area (Å²) in [6, 6.07) is 7.25. The number of carbonyl (C=O) groups is 1. The molecular formula is C13H17NO2. The molecule has 2 rings (SSSR count). The number of ketones is 1. The lowest BCUT2D eigenvalue weighted by atomic mass is 9.94. The van der Waals surface area contributed by atoms with Crippen molar-refractivity contribution in [3.05, 3.63) is 29.8 Å². The van der Waals surface area contributed by atoms with Gasteiger partial charge < -0.3 is 10.5 Å². The molecule has 0 bridgehead atoms. The van der Waals surface area contributed by atoms with Crippen molar-refractivity contribution in [1.29, 1.82) is 0 Å². The third-order valence-electron chi connectivity index (χ3n) is 2.51. The monoisotopic (exact) mass is 219 g/mol. The van der Waals surface area contributed by atoms with Crippen molar-refractivity contribution in [2.75, 3.05) is 0 Å². The molecule has 0 spiro atoms. The van der Waals surface area contributed by atoms with E-state index in [1.807, 2.05) is 12.1 Å². The molecule has 1 aromatic rings. The largest absolute Gasteiger partial charge is 0.490 e. The highest BCUT2D eigenvalue weighted by atomic mass is 16.5. The van der Waals surface area contributed by atoms with Crippen molar-refractivity contribution >= 4 is 5.78 Å². The second-order valence-corrected chi connectivity index (χ2v) is 4.90. The summed E-state index contributed by atoms with van der Waals surface area (Å²) in [5.41, 5.74) is 5.57. The fourth-order valence-corrected chi connectivity index (χ4v) is 1.46. The van der Waals surface area contributed by atoms with Crippen LogP contribution in [0, 0.1) is 0 Å². The molecule has 0 aliphatic heterocycles. The molecule has 1 fully saturated rings. The van der Waals surface area contributed by atoms with Gasteiger partial charge in [-0.05, 0) is 38.8 Å². The molecule has 0 radical (unpaired) electrons. The minimum absolute atomic E-state index is 0.0613. The van der Waals surface area contributed by atoms with Crippen molar-refractivity contribution < 1.29 is 9.53 Å². The van der Waals surface area contributed by atoms with Crippen LogP contribution in [0.3, 0.4) is 0 Å². The second kappa shape index (κ2) is 3.91. The van der Waals surface area contributed by atoms with Gasteiger partial charge in [0, 0.05) is 5.56 Å². The molecule has 0 heterocycles.